The number of ketones is 1. The number of aliphatic hydroxyl groups excluding tert-OH is 1. The van der Waals surface area contributed by atoms with Gasteiger partial charge in [0.1, 0.15) is 11.9 Å². The van der Waals surface area contributed by atoms with Crippen molar-refractivity contribution in [1.82, 2.24) is 0 Å². The molecular formula is C19H20O7. The highest BCUT2D eigenvalue weighted by Gasteiger charge is 2.58. The van der Waals surface area contributed by atoms with Gasteiger partial charge in [-0.15, -0.1) is 0 Å². The Bertz CT molecular complexity index is 814. The van der Waals surface area contributed by atoms with E-state index in [0.717, 1.165) is 5.57 Å². The molecule has 0 spiro atoms. The van der Waals surface area contributed by atoms with Crippen molar-refractivity contribution in [1.29, 1.82) is 0 Å². The lowest BCUT2D eigenvalue weighted by atomic mass is 9.71. The van der Waals surface area contributed by atoms with Crippen molar-refractivity contribution >= 4 is 17.7 Å². The summed E-state index contributed by atoms with van der Waals surface area (Å²) in [7, 11) is 0. The number of hydrogen-bond donors (Lipinski definition) is 1. The van der Waals surface area contributed by atoms with E-state index in [0.29, 0.717) is 24.0 Å². The van der Waals surface area contributed by atoms with E-state index in [1.807, 2.05) is 0 Å². The van der Waals surface area contributed by atoms with Crippen molar-refractivity contribution in [2.45, 2.75) is 52.1 Å². The molecule has 0 aromatic rings. The molecule has 4 rings (SSSR count). The van der Waals surface area contributed by atoms with E-state index in [2.05, 4.69) is 0 Å². The zero-order chi connectivity index (χ0) is 18.8. The monoisotopic (exact) mass is 360 g/mol. The van der Waals surface area contributed by atoms with Crippen LogP contribution in [0.3, 0.4) is 0 Å². The summed E-state index contributed by atoms with van der Waals surface area (Å²) >= 11 is 0. The highest BCUT2D eigenvalue weighted by molar-refractivity contribution is 5.95. The summed E-state index contributed by atoms with van der Waals surface area (Å²) in [5.41, 5.74) is 1.34. The molecule has 1 saturated heterocycles. The molecule has 0 bridgehead atoms. The van der Waals surface area contributed by atoms with Gasteiger partial charge >= 0.3 is 11.9 Å². The Morgan fingerprint density at radius 2 is 1.92 bits per heavy atom. The number of carbonyl (C=O) groups excluding carboxylic acids is 3. The fourth-order valence-electron chi connectivity index (χ4n) is 4.28. The number of esters is 2. The first-order chi connectivity index (χ1) is 12.2. The molecule has 0 amide bonds. The van der Waals surface area contributed by atoms with Crippen molar-refractivity contribution in [3.8, 4) is 0 Å². The van der Waals surface area contributed by atoms with Gasteiger partial charge in [-0.2, -0.15) is 0 Å². The predicted molar refractivity (Wildman–Crippen MR) is 87.2 cm³/mol. The second-order valence-corrected chi connectivity index (χ2v) is 7.62. The Labute approximate surface area is 150 Å². The van der Waals surface area contributed by atoms with Crippen molar-refractivity contribution in [3.05, 3.63) is 34.6 Å². The molecule has 0 saturated carbocycles. The molecule has 1 N–H and O–H groups in total. The number of ether oxygens (including phenoxy) is 3. The van der Waals surface area contributed by atoms with Crippen LogP contribution in [0.4, 0.5) is 0 Å². The van der Waals surface area contributed by atoms with Gasteiger partial charge in [-0.1, -0.05) is 0 Å². The van der Waals surface area contributed by atoms with Gasteiger partial charge in [0, 0.05) is 23.5 Å². The lowest BCUT2D eigenvalue weighted by Crippen LogP contribution is -2.35. The van der Waals surface area contributed by atoms with Crippen molar-refractivity contribution in [2.24, 2.45) is 11.3 Å². The molecule has 1 fully saturated rings. The number of cyclic esters (lactones) is 1. The van der Waals surface area contributed by atoms with Crippen LogP contribution < -0.4 is 0 Å². The minimum Gasteiger partial charge on any atom is -0.458 e. The summed E-state index contributed by atoms with van der Waals surface area (Å²) < 4.78 is 15.9. The number of carbonyl (C=O) groups is 3. The summed E-state index contributed by atoms with van der Waals surface area (Å²) in [6.07, 6.45) is 1.09. The van der Waals surface area contributed by atoms with Crippen molar-refractivity contribution in [2.75, 3.05) is 0 Å². The van der Waals surface area contributed by atoms with Crippen LogP contribution in [-0.4, -0.2) is 41.3 Å². The smallest absolute Gasteiger partial charge is 0.338 e. The molecule has 7 nitrogen and oxygen atoms in total. The first kappa shape index (κ1) is 17.0. The van der Waals surface area contributed by atoms with E-state index in [1.165, 1.54) is 12.3 Å². The van der Waals surface area contributed by atoms with Crippen LogP contribution in [0, 0.1) is 11.3 Å². The van der Waals surface area contributed by atoms with Gasteiger partial charge in [0.15, 0.2) is 0 Å². The van der Waals surface area contributed by atoms with Crippen molar-refractivity contribution < 1.29 is 33.7 Å². The molecular weight excluding hydrogens is 340 g/mol. The molecule has 26 heavy (non-hydrogen) atoms. The second-order valence-electron chi connectivity index (χ2n) is 7.62. The molecule has 2 aliphatic heterocycles. The van der Waals surface area contributed by atoms with Gasteiger partial charge in [0.2, 0.25) is 0 Å². The molecule has 7 heteroatoms. The fraction of sp³-hybridized carbons (Fsp3) is 0.526. The topological polar surface area (TPSA) is 99.1 Å². The van der Waals surface area contributed by atoms with Gasteiger partial charge in [-0.25, -0.2) is 9.59 Å². The highest BCUT2D eigenvalue weighted by Crippen LogP contribution is 2.53. The summed E-state index contributed by atoms with van der Waals surface area (Å²) in [6.45, 7) is 5.21. The normalized spacial score (nSPS) is 36.7. The molecule has 0 aromatic heterocycles. The lowest BCUT2D eigenvalue weighted by Gasteiger charge is -2.33. The Hall–Kier alpha value is -2.41. The first-order valence-corrected chi connectivity index (χ1v) is 8.62. The molecule has 0 radical (unpaired) electrons. The molecule has 2 aliphatic carbocycles. The minimum absolute atomic E-state index is 0.0762. The molecule has 138 valence electrons. The standard InChI is InChI=1S/C19H20O7/c1-8-6-12(25-17(8)22)24-7-10-13-15(21)9-4-5-11(20)19(2,3)14(9)16(13)26-18(10)23/h6-7,12-13,15-16,21H,4-5H2,1-3H3/b10-7+/t12-,13-,15+,16-/m1/s1. The SMILES string of the molecule is CC1=C[C@H](O/C=C2/C(=O)O[C@H]3C4=C(CCC(=O)C4(C)C)[C@H](O)[C@@H]23)OC1=O. The number of fused-ring (bicyclic) bond motifs is 2. The van der Waals surface area contributed by atoms with Gasteiger partial charge in [0.25, 0.3) is 6.29 Å². The number of Topliss-reactive ketones (excluding diaryl/α,β-unsaturated/α-hetero) is 1. The minimum atomic E-state index is -0.902. The van der Waals surface area contributed by atoms with Crippen LogP contribution in [-0.2, 0) is 28.6 Å². The van der Waals surface area contributed by atoms with Crippen LogP contribution in [0.15, 0.2) is 34.6 Å². The maximum Gasteiger partial charge on any atom is 0.338 e. The first-order valence-electron chi connectivity index (χ1n) is 8.62. The highest BCUT2D eigenvalue weighted by atomic mass is 16.7. The van der Waals surface area contributed by atoms with E-state index in [9.17, 15) is 19.5 Å². The number of aliphatic hydroxyl groups is 1. The Morgan fingerprint density at radius 3 is 2.58 bits per heavy atom. The zero-order valence-corrected chi connectivity index (χ0v) is 14.8. The third-order valence-electron chi connectivity index (χ3n) is 5.73. The molecule has 4 aliphatic rings. The van der Waals surface area contributed by atoms with Crippen LogP contribution in [0.2, 0.25) is 0 Å². The van der Waals surface area contributed by atoms with Gasteiger partial charge < -0.3 is 19.3 Å². The summed E-state index contributed by atoms with van der Waals surface area (Å²) in [6, 6.07) is 0. The molecule has 0 aromatic carbocycles. The third-order valence-corrected chi connectivity index (χ3v) is 5.73. The number of rotatable bonds is 2. The third kappa shape index (κ3) is 2.26. The van der Waals surface area contributed by atoms with E-state index < -0.39 is 41.8 Å². The summed E-state index contributed by atoms with van der Waals surface area (Å²) in [5, 5.41) is 10.8. The zero-order valence-electron chi connectivity index (χ0n) is 14.8. The van der Waals surface area contributed by atoms with E-state index in [4.69, 9.17) is 14.2 Å². The average Bonchev–Trinajstić information content (AvgIpc) is 3.15. The van der Waals surface area contributed by atoms with Crippen LogP contribution >= 0.6 is 0 Å². The Kier molecular flexibility index (Phi) is 3.63. The Morgan fingerprint density at radius 1 is 1.19 bits per heavy atom. The quantitative estimate of drug-likeness (QED) is 0.343. The van der Waals surface area contributed by atoms with Crippen molar-refractivity contribution in [3.63, 3.8) is 0 Å². The largest absolute Gasteiger partial charge is 0.458 e. The van der Waals surface area contributed by atoms with Crippen LogP contribution in [0.1, 0.15) is 33.6 Å². The van der Waals surface area contributed by atoms with Gasteiger partial charge in [-0.05, 0) is 38.3 Å². The van der Waals surface area contributed by atoms with E-state index in [1.54, 1.807) is 20.8 Å². The molecule has 4 atom stereocenters. The number of hydrogen-bond acceptors (Lipinski definition) is 7. The predicted octanol–water partition coefficient (Wildman–Crippen LogP) is 1.32. The maximum atomic E-state index is 12.3. The summed E-state index contributed by atoms with van der Waals surface area (Å²) in [5.74, 6) is -1.60. The lowest BCUT2D eigenvalue weighted by molar-refractivity contribution is -0.152. The van der Waals surface area contributed by atoms with Gasteiger partial charge in [0.05, 0.1) is 23.9 Å². The second kappa shape index (κ2) is 5.54. The van der Waals surface area contributed by atoms with Crippen LogP contribution in [0.5, 0.6) is 0 Å². The Balaban J connectivity index is 1.62. The van der Waals surface area contributed by atoms with E-state index in [-0.39, 0.29) is 11.4 Å². The van der Waals surface area contributed by atoms with E-state index >= 15 is 0 Å². The average molecular weight is 360 g/mol. The van der Waals surface area contributed by atoms with Crippen LogP contribution in [0.25, 0.3) is 0 Å². The maximum absolute atomic E-state index is 12.3. The molecule has 2 heterocycles. The summed E-state index contributed by atoms with van der Waals surface area (Å²) in [4.78, 5) is 36.0. The molecule has 0 unspecified atom stereocenters. The fourth-order valence-corrected chi connectivity index (χ4v) is 4.28. The van der Waals surface area contributed by atoms with Gasteiger partial charge in [-0.3, -0.25) is 4.79 Å².